The summed E-state index contributed by atoms with van der Waals surface area (Å²) in [6.07, 6.45) is 0. The van der Waals surface area contributed by atoms with Gasteiger partial charge in [0.15, 0.2) is 0 Å². The van der Waals surface area contributed by atoms with Gasteiger partial charge in [0, 0.05) is 12.3 Å². The average molecular weight is 295 g/mol. The lowest BCUT2D eigenvalue weighted by Gasteiger charge is -1.98. The molecule has 0 saturated heterocycles. The SMILES string of the molecule is CC#N.Oc1ccsc1.c1ccc(-c2ccccc2)cc1. The summed E-state index contributed by atoms with van der Waals surface area (Å²) in [5.41, 5.74) is 2.55. The first-order valence-corrected chi connectivity index (χ1v) is 7.34. The standard InChI is InChI=1S/C12H10.C4H4OS.C2H3N/c1-3-7-11(8-4-1)12-9-5-2-6-10-12;5-4-1-2-6-3-4;1-2-3/h1-10H;1-3,5H;1H3. The van der Waals surface area contributed by atoms with Crippen LogP contribution in [0.4, 0.5) is 0 Å². The third-order valence-corrected chi connectivity index (χ3v) is 3.06. The number of rotatable bonds is 1. The van der Waals surface area contributed by atoms with Gasteiger partial charge in [-0.2, -0.15) is 5.26 Å². The molecule has 0 aliphatic heterocycles. The number of nitriles is 1. The van der Waals surface area contributed by atoms with Gasteiger partial charge in [-0.1, -0.05) is 60.7 Å². The minimum atomic E-state index is 0.361. The van der Waals surface area contributed by atoms with Crippen molar-refractivity contribution in [1.29, 1.82) is 5.26 Å². The Morgan fingerprint density at radius 2 is 1.29 bits per heavy atom. The van der Waals surface area contributed by atoms with Gasteiger partial charge in [-0.15, -0.1) is 11.3 Å². The molecule has 3 heteroatoms. The third kappa shape index (κ3) is 6.95. The van der Waals surface area contributed by atoms with Crippen LogP contribution in [0.25, 0.3) is 11.1 Å². The second-order valence-corrected chi connectivity index (χ2v) is 4.72. The monoisotopic (exact) mass is 295 g/mol. The maximum Gasteiger partial charge on any atom is 0.126 e. The lowest BCUT2D eigenvalue weighted by Crippen LogP contribution is -1.73. The second-order valence-electron chi connectivity index (χ2n) is 3.94. The van der Waals surface area contributed by atoms with Crippen molar-refractivity contribution in [2.45, 2.75) is 6.92 Å². The first-order chi connectivity index (χ1) is 10.3. The number of aromatic hydroxyl groups is 1. The van der Waals surface area contributed by atoms with Crippen molar-refractivity contribution in [2.24, 2.45) is 0 Å². The molecule has 1 heterocycles. The highest BCUT2D eigenvalue weighted by Crippen LogP contribution is 2.17. The first kappa shape index (κ1) is 16.5. The number of benzene rings is 2. The highest BCUT2D eigenvalue weighted by Gasteiger charge is 1.91. The predicted molar refractivity (Wildman–Crippen MR) is 89.1 cm³/mol. The van der Waals surface area contributed by atoms with Crippen molar-refractivity contribution >= 4 is 11.3 Å². The van der Waals surface area contributed by atoms with Gasteiger partial charge in [0.2, 0.25) is 0 Å². The van der Waals surface area contributed by atoms with E-state index in [0.29, 0.717) is 5.75 Å². The first-order valence-electron chi connectivity index (χ1n) is 6.40. The number of thiophene rings is 1. The van der Waals surface area contributed by atoms with E-state index < -0.39 is 0 Å². The van der Waals surface area contributed by atoms with E-state index in [1.165, 1.54) is 29.4 Å². The number of hydrogen-bond donors (Lipinski definition) is 1. The van der Waals surface area contributed by atoms with Crippen LogP contribution < -0.4 is 0 Å². The van der Waals surface area contributed by atoms with E-state index in [1.54, 1.807) is 17.5 Å². The molecule has 2 nitrogen and oxygen atoms in total. The predicted octanol–water partition coefficient (Wildman–Crippen LogP) is 5.34. The van der Waals surface area contributed by atoms with Gasteiger partial charge in [-0.05, 0) is 22.6 Å². The fourth-order valence-corrected chi connectivity index (χ4v) is 2.03. The van der Waals surface area contributed by atoms with Crippen LogP contribution >= 0.6 is 11.3 Å². The van der Waals surface area contributed by atoms with Gasteiger partial charge >= 0.3 is 0 Å². The van der Waals surface area contributed by atoms with Gasteiger partial charge in [0.05, 0.1) is 6.07 Å². The van der Waals surface area contributed by atoms with Crippen LogP contribution in [0.5, 0.6) is 5.75 Å². The molecular formula is C18H17NOS. The molecule has 1 aromatic heterocycles. The summed E-state index contributed by atoms with van der Waals surface area (Å²) in [6.45, 7) is 1.43. The molecule has 0 amide bonds. The van der Waals surface area contributed by atoms with Gasteiger partial charge in [0.1, 0.15) is 5.75 Å². The Hall–Kier alpha value is -2.57. The zero-order valence-electron chi connectivity index (χ0n) is 11.8. The Balaban J connectivity index is 0.000000205. The molecule has 0 aliphatic carbocycles. The largest absolute Gasteiger partial charge is 0.507 e. The Kier molecular flexibility index (Phi) is 8.04. The Morgan fingerprint density at radius 1 is 0.857 bits per heavy atom. The maximum atomic E-state index is 8.48. The summed E-state index contributed by atoms with van der Waals surface area (Å²) in [4.78, 5) is 0. The van der Waals surface area contributed by atoms with Crippen LogP contribution in [-0.4, -0.2) is 5.11 Å². The van der Waals surface area contributed by atoms with E-state index in [9.17, 15) is 0 Å². The van der Waals surface area contributed by atoms with E-state index >= 15 is 0 Å². The van der Waals surface area contributed by atoms with Crippen molar-refractivity contribution in [2.75, 3.05) is 0 Å². The lowest BCUT2D eigenvalue weighted by atomic mass is 10.1. The zero-order valence-corrected chi connectivity index (χ0v) is 12.6. The van der Waals surface area contributed by atoms with Crippen LogP contribution in [0.15, 0.2) is 77.5 Å². The minimum Gasteiger partial charge on any atom is -0.507 e. The topological polar surface area (TPSA) is 44.0 Å². The lowest BCUT2D eigenvalue weighted by molar-refractivity contribution is 0.478. The summed E-state index contributed by atoms with van der Waals surface area (Å²) in [5, 5.41) is 19.3. The maximum absolute atomic E-state index is 8.48. The van der Waals surface area contributed by atoms with Crippen molar-refractivity contribution in [1.82, 2.24) is 0 Å². The van der Waals surface area contributed by atoms with Gasteiger partial charge < -0.3 is 5.11 Å². The molecule has 106 valence electrons. The van der Waals surface area contributed by atoms with Crippen LogP contribution in [0.2, 0.25) is 0 Å². The second kappa shape index (κ2) is 10.2. The van der Waals surface area contributed by atoms with E-state index in [0.717, 1.165) is 0 Å². The van der Waals surface area contributed by atoms with Crippen molar-refractivity contribution in [3.05, 3.63) is 77.5 Å². The van der Waals surface area contributed by atoms with E-state index in [4.69, 9.17) is 10.4 Å². The average Bonchev–Trinajstić information content (AvgIpc) is 3.02. The van der Waals surface area contributed by atoms with Crippen LogP contribution in [0.1, 0.15) is 6.92 Å². The molecule has 3 aromatic rings. The quantitative estimate of drug-likeness (QED) is 0.658. The molecule has 2 aromatic carbocycles. The van der Waals surface area contributed by atoms with Gasteiger partial charge in [-0.3, -0.25) is 0 Å². The summed E-state index contributed by atoms with van der Waals surface area (Å²) in [7, 11) is 0. The van der Waals surface area contributed by atoms with E-state index in [1.807, 2.05) is 17.5 Å². The molecule has 0 saturated carbocycles. The Morgan fingerprint density at radius 3 is 1.52 bits per heavy atom. The summed E-state index contributed by atoms with van der Waals surface area (Å²) < 4.78 is 0. The molecule has 21 heavy (non-hydrogen) atoms. The number of hydrogen-bond acceptors (Lipinski definition) is 3. The molecular weight excluding hydrogens is 278 g/mol. The van der Waals surface area contributed by atoms with Crippen molar-refractivity contribution in [3.63, 3.8) is 0 Å². The van der Waals surface area contributed by atoms with Crippen molar-refractivity contribution in [3.8, 4) is 22.9 Å². The molecule has 3 rings (SSSR count). The highest BCUT2D eigenvalue weighted by atomic mass is 32.1. The fourth-order valence-electron chi connectivity index (χ4n) is 1.52. The molecule has 0 bridgehead atoms. The normalized spacial score (nSPS) is 8.38. The molecule has 0 unspecified atom stereocenters. The van der Waals surface area contributed by atoms with Gasteiger partial charge in [-0.25, -0.2) is 0 Å². The Bertz CT molecular complexity index is 590. The molecule has 0 aliphatic rings. The smallest absolute Gasteiger partial charge is 0.126 e. The molecule has 0 fully saturated rings. The summed E-state index contributed by atoms with van der Waals surface area (Å²) in [6, 6.07) is 24.2. The van der Waals surface area contributed by atoms with Crippen LogP contribution in [0.3, 0.4) is 0 Å². The highest BCUT2D eigenvalue weighted by molar-refractivity contribution is 7.08. The van der Waals surface area contributed by atoms with Crippen LogP contribution in [-0.2, 0) is 0 Å². The summed E-state index contributed by atoms with van der Waals surface area (Å²) in [5.74, 6) is 0.361. The molecule has 0 atom stereocenters. The molecule has 0 radical (unpaired) electrons. The summed E-state index contributed by atoms with van der Waals surface area (Å²) >= 11 is 1.49. The molecule has 0 spiro atoms. The molecule has 1 N–H and O–H groups in total. The minimum absolute atomic E-state index is 0.361. The zero-order chi connectivity index (χ0) is 15.3. The van der Waals surface area contributed by atoms with Crippen LogP contribution in [0, 0.1) is 11.3 Å². The van der Waals surface area contributed by atoms with E-state index in [-0.39, 0.29) is 0 Å². The van der Waals surface area contributed by atoms with E-state index in [2.05, 4.69) is 48.5 Å². The fraction of sp³-hybridized carbons (Fsp3) is 0.0556. The Labute approximate surface area is 129 Å². The number of nitrogens with zero attached hydrogens (tertiary/aromatic N) is 1. The van der Waals surface area contributed by atoms with Gasteiger partial charge in [0.25, 0.3) is 0 Å². The van der Waals surface area contributed by atoms with Crippen molar-refractivity contribution < 1.29 is 5.11 Å². The third-order valence-electron chi connectivity index (χ3n) is 2.39.